The minimum absolute atomic E-state index is 0.0345. The lowest BCUT2D eigenvalue weighted by molar-refractivity contribution is -0.186. The van der Waals surface area contributed by atoms with Crippen LogP contribution in [0.2, 0.25) is 0 Å². The number of methoxy groups -OCH3 is 1. The van der Waals surface area contributed by atoms with Gasteiger partial charge in [-0.1, -0.05) is 51.5 Å². The maximum atomic E-state index is 13.9. The number of rotatable bonds is 4. The number of carbonyl (C=O) groups is 2. The zero-order chi connectivity index (χ0) is 20.7. The van der Waals surface area contributed by atoms with E-state index in [4.69, 9.17) is 9.47 Å². The van der Waals surface area contributed by atoms with E-state index in [2.05, 4.69) is 39.8 Å². The second-order valence-electron chi connectivity index (χ2n) is 9.18. The van der Waals surface area contributed by atoms with Gasteiger partial charge < -0.3 is 9.47 Å². The van der Waals surface area contributed by atoms with Gasteiger partial charge in [0.2, 0.25) is 0 Å². The van der Waals surface area contributed by atoms with Crippen LogP contribution >= 0.6 is 0 Å². The second kappa shape index (κ2) is 7.62. The Hall–Kier alpha value is -1.68. The summed E-state index contributed by atoms with van der Waals surface area (Å²) in [6.07, 6.45) is 1.93. The van der Waals surface area contributed by atoms with Crippen LogP contribution in [0.1, 0.15) is 58.1 Å². The van der Waals surface area contributed by atoms with Crippen molar-refractivity contribution < 1.29 is 19.1 Å². The molecule has 5 atom stereocenters. The van der Waals surface area contributed by atoms with E-state index in [1.54, 1.807) is 0 Å². The molecule has 1 aliphatic carbocycles. The molecule has 0 amide bonds. The van der Waals surface area contributed by atoms with E-state index in [9.17, 15) is 9.59 Å². The number of hydrogen-bond acceptors (Lipinski definition) is 4. The molecule has 0 spiro atoms. The lowest BCUT2D eigenvalue weighted by atomic mass is 9.44. The summed E-state index contributed by atoms with van der Waals surface area (Å²) in [7, 11) is 1.42. The average Bonchev–Trinajstić information content (AvgIpc) is 2.65. The van der Waals surface area contributed by atoms with E-state index < -0.39 is 5.41 Å². The molecule has 1 aromatic rings. The van der Waals surface area contributed by atoms with Gasteiger partial charge in [0.1, 0.15) is 5.78 Å². The molecule has 0 aromatic heterocycles. The smallest absolute Gasteiger partial charge is 0.311 e. The number of aryl methyl sites for hydroxylation is 1. The van der Waals surface area contributed by atoms with Crippen LogP contribution < -0.4 is 0 Å². The first-order valence-corrected chi connectivity index (χ1v) is 10.5. The normalized spacial score (nSPS) is 34.6. The summed E-state index contributed by atoms with van der Waals surface area (Å²) >= 11 is 0. The van der Waals surface area contributed by atoms with Crippen molar-refractivity contribution in [3.63, 3.8) is 0 Å². The molecule has 1 aromatic carbocycles. The largest absolute Gasteiger partial charge is 0.469 e. The molecule has 2 aliphatic rings. The van der Waals surface area contributed by atoms with Gasteiger partial charge in [0.25, 0.3) is 0 Å². The number of ketones is 1. The summed E-state index contributed by atoms with van der Waals surface area (Å²) in [6.45, 7) is 11.2. The summed E-state index contributed by atoms with van der Waals surface area (Å²) in [4.78, 5) is 26.4. The number of esters is 1. The molecule has 0 bridgehead atoms. The summed E-state index contributed by atoms with van der Waals surface area (Å²) in [5, 5.41) is 0. The lowest BCUT2D eigenvalue weighted by Crippen LogP contribution is -2.63. The van der Waals surface area contributed by atoms with Crippen LogP contribution in [0.3, 0.4) is 0 Å². The molecule has 1 heterocycles. The van der Waals surface area contributed by atoms with Crippen molar-refractivity contribution in [3.05, 3.63) is 35.4 Å². The van der Waals surface area contributed by atoms with Crippen LogP contribution in [-0.2, 0) is 24.5 Å². The fourth-order valence-corrected chi connectivity index (χ4v) is 6.18. The van der Waals surface area contributed by atoms with Crippen LogP contribution in [0, 0.1) is 30.1 Å². The Morgan fingerprint density at radius 3 is 2.57 bits per heavy atom. The van der Waals surface area contributed by atoms with Gasteiger partial charge in [0.15, 0.2) is 0 Å². The van der Waals surface area contributed by atoms with Crippen LogP contribution in [0.15, 0.2) is 24.3 Å². The molecule has 4 nitrogen and oxygen atoms in total. The fourth-order valence-electron chi connectivity index (χ4n) is 6.18. The number of carbonyl (C=O) groups excluding carboxylic acids is 2. The first-order valence-electron chi connectivity index (χ1n) is 10.5. The third-order valence-corrected chi connectivity index (χ3v) is 7.65. The number of ether oxygens (including phenoxy) is 2. The summed E-state index contributed by atoms with van der Waals surface area (Å²) in [5.74, 6) is -0.296. The Morgan fingerprint density at radius 1 is 1.29 bits per heavy atom. The molecule has 0 N–H and O–H groups in total. The van der Waals surface area contributed by atoms with Gasteiger partial charge in [-0.2, -0.15) is 0 Å². The standard InChI is InChI=1S/C24H34O4/c1-7-12-24(18-11-9-8-10-15(18)2)20(25)13-17-19(23(24,4)5)14-28-16(3)21(17)22(26)27-6/h8-11,16-17,19,21H,7,12-14H2,1-6H3/t16-,17-,19-,21+,24-/m1/s1. The summed E-state index contributed by atoms with van der Waals surface area (Å²) in [5.41, 5.74) is 1.41. The Balaban J connectivity index is 2.15. The highest BCUT2D eigenvalue weighted by atomic mass is 16.5. The monoisotopic (exact) mass is 386 g/mol. The lowest BCUT2D eigenvalue weighted by Gasteiger charge is -2.59. The molecular weight excluding hydrogens is 352 g/mol. The van der Waals surface area contributed by atoms with Crippen molar-refractivity contribution in [2.75, 3.05) is 13.7 Å². The Bertz CT molecular complexity index is 753. The predicted octanol–water partition coefficient (Wildman–Crippen LogP) is 4.47. The highest BCUT2D eigenvalue weighted by molar-refractivity contribution is 5.93. The van der Waals surface area contributed by atoms with E-state index in [0.717, 1.165) is 24.0 Å². The molecule has 154 valence electrons. The number of fused-ring (bicyclic) bond motifs is 1. The zero-order valence-electron chi connectivity index (χ0n) is 18.1. The SMILES string of the molecule is CCC[C@@]1(c2ccccc2C)C(=O)C[C@H]2[C@@H](C(=O)OC)[C@@H](C)OC[C@H]2C1(C)C. The third kappa shape index (κ3) is 2.92. The first kappa shape index (κ1) is 21.0. The van der Waals surface area contributed by atoms with E-state index in [1.807, 2.05) is 19.1 Å². The summed E-state index contributed by atoms with van der Waals surface area (Å²) < 4.78 is 11.2. The molecule has 1 saturated heterocycles. The molecule has 3 rings (SSSR count). The molecule has 1 aliphatic heterocycles. The second-order valence-corrected chi connectivity index (χ2v) is 9.18. The summed E-state index contributed by atoms with van der Waals surface area (Å²) in [6, 6.07) is 8.28. The molecule has 0 radical (unpaired) electrons. The number of Topliss-reactive ketones (excluding diaryl/α,β-unsaturated/α-hetero) is 1. The van der Waals surface area contributed by atoms with Gasteiger partial charge in [0.05, 0.1) is 31.2 Å². The number of hydrogen-bond donors (Lipinski definition) is 0. The predicted molar refractivity (Wildman–Crippen MR) is 109 cm³/mol. The minimum atomic E-state index is -0.557. The van der Waals surface area contributed by atoms with Gasteiger partial charge in [-0.25, -0.2) is 0 Å². The molecule has 1 saturated carbocycles. The van der Waals surface area contributed by atoms with Crippen LogP contribution in [0.25, 0.3) is 0 Å². The van der Waals surface area contributed by atoms with E-state index in [1.165, 1.54) is 7.11 Å². The van der Waals surface area contributed by atoms with E-state index >= 15 is 0 Å². The van der Waals surface area contributed by atoms with Crippen LogP contribution in [0.4, 0.5) is 0 Å². The van der Waals surface area contributed by atoms with Crippen molar-refractivity contribution >= 4 is 11.8 Å². The molecule has 4 heteroatoms. The van der Waals surface area contributed by atoms with Crippen molar-refractivity contribution in [2.45, 2.75) is 65.4 Å². The van der Waals surface area contributed by atoms with Gasteiger partial charge in [-0.15, -0.1) is 0 Å². The molecule has 2 fully saturated rings. The Labute approximate surface area is 169 Å². The quantitative estimate of drug-likeness (QED) is 0.716. The van der Waals surface area contributed by atoms with E-state index in [0.29, 0.717) is 13.0 Å². The van der Waals surface area contributed by atoms with Crippen LogP contribution in [0.5, 0.6) is 0 Å². The first-order chi connectivity index (χ1) is 13.2. The maximum Gasteiger partial charge on any atom is 0.311 e. The van der Waals surface area contributed by atoms with Gasteiger partial charge in [-0.3, -0.25) is 9.59 Å². The fraction of sp³-hybridized carbons (Fsp3) is 0.667. The molecular formula is C24H34O4. The number of benzene rings is 1. The van der Waals surface area contributed by atoms with Crippen molar-refractivity contribution in [3.8, 4) is 0 Å². The van der Waals surface area contributed by atoms with Gasteiger partial charge in [-0.05, 0) is 48.6 Å². The maximum absolute atomic E-state index is 13.9. The molecule has 0 unspecified atom stereocenters. The topological polar surface area (TPSA) is 52.6 Å². The average molecular weight is 387 g/mol. The zero-order valence-corrected chi connectivity index (χ0v) is 18.1. The van der Waals surface area contributed by atoms with Crippen molar-refractivity contribution in [1.82, 2.24) is 0 Å². The van der Waals surface area contributed by atoms with Crippen LogP contribution in [-0.4, -0.2) is 31.6 Å². The van der Waals surface area contributed by atoms with Crippen molar-refractivity contribution in [2.24, 2.45) is 23.2 Å². The van der Waals surface area contributed by atoms with Crippen molar-refractivity contribution in [1.29, 1.82) is 0 Å². The Kier molecular flexibility index (Phi) is 5.73. The highest BCUT2D eigenvalue weighted by Crippen LogP contribution is 2.60. The minimum Gasteiger partial charge on any atom is -0.469 e. The van der Waals surface area contributed by atoms with Gasteiger partial charge >= 0.3 is 5.97 Å². The van der Waals surface area contributed by atoms with E-state index in [-0.39, 0.29) is 41.0 Å². The van der Waals surface area contributed by atoms with Gasteiger partial charge in [0, 0.05) is 6.42 Å². The Morgan fingerprint density at radius 2 is 1.96 bits per heavy atom. The highest BCUT2D eigenvalue weighted by Gasteiger charge is 2.63. The third-order valence-electron chi connectivity index (χ3n) is 7.65. The molecule has 28 heavy (non-hydrogen) atoms.